The summed E-state index contributed by atoms with van der Waals surface area (Å²) >= 11 is 1.69. The van der Waals surface area contributed by atoms with Crippen molar-refractivity contribution in [2.24, 2.45) is 11.1 Å². The summed E-state index contributed by atoms with van der Waals surface area (Å²) in [6.45, 7) is 7.08. The van der Waals surface area contributed by atoms with Gasteiger partial charge in [0.2, 0.25) is 0 Å². The van der Waals surface area contributed by atoms with Crippen LogP contribution in [0.15, 0.2) is 17.6 Å². The summed E-state index contributed by atoms with van der Waals surface area (Å²) in [6.07, 6.45) is 4.79. The summed E-state index contributed by atoms with van der Waals surface area (Å²) < 4.78 is 0. The first-order valence-electron chi connectivity index (χ1n) is 5.15. The molecule has 2 N–H and O–H groups in total. The molecule has 0 bridgehead atoms. The van der Waals surface area contributed by atoms with Crippen LogP contribution < -0.4 is 5.73 Å². The van der Waals surface area contributed by atoms with E-state index in [2.05, 4.69) is 23.8 Å². The molecule has 4 heteroatoms. The monoisotopic (exact) mass is 225 g/mol. The lowest BCUT2D eigenvalue weighted by atomic mass is 9.91. The first kappa shape index (κ1) is 12.5. The highest BCUT2D eigenvalue weighted by molar-refractivity contribution is 7.99. The predicted octanol–water partition coefficient (Wildman–Crippen LogP) is 2.25. The van der Waals surface area contributed by atoms with Crippen molar-refractivity contribution in [3.8, 4) is 0 Å². The molecule has 84 valence electrons. The van der Waals surface area contributed by atoms with Gasteiger partial charge in [-0.3, -0.25) is 0 Å². The molecular formula is C11H19N3S. The van der Waals surface area contributed by atoms with E-state index in [1.165, 1.54) is 0 Å². The highest BCUT2D eigenvalue weighted by Gasteiger charge is 2.15. The molecule has 0 aromatic carbocycles. The molecule has 1 aromatic heterocycles. The zero-order valence-corrected chi connectivity index (χ0v) is 10.5. The molecule has 3 nitrogen and oxygen atoms in total. The number of hydrogen-bond acceptors (Lipinski definition) is 4. The SMILES string of the molecule is Cc1cnc(SCCC(C)(C)CN)nc1. The van der Waals surface area contributed by atoms with Gasteiger partial charge in [-0.2, -0.15) is 0 Å². The van der Waals surface area contributed by atoms with Crippen LogP contribution in [-0.2, 0) is 0 Å². The van der Waals surface area contributed by atoms with Crippen molar-refractivity contribution in [1.29, 1.82) is 0 Å². The van der Waals surface area contributed by atoms with E-state index in [1.807, 2.05) is 19.3 Å². The molecule has 0 amide bonds. The molecule has 0 aliphatic carbocycles. The van der Waals surface area contributed by atoms with Crippen LogP contribution in [0.4, 0.5) is 0 Å². The molecule has 1 heterocycles. The molecule has 0 radical (unpaired) electrons. The lowest BCUT2D eigenvalue weighted by Gasteiger charge is -2.21. The van der Waals surface area contributed by atoms with E-state index in [1.54, 1.807) is 11.8 Å². The summed E-state index contributed by atoms with van der Waals surface area (Å²) in [4.78, 5) is 8.49. The van der Waals surface area contributed by atoms with Crippen LogP contribution in [0.25, 0.3) is 0 Å². The Morgan fingerprint density at radius 2 is 1.93 bits per heavy atom. The van der Waals surface area contributed by atoms with Crippen LogP contribution in [0.2, 0.25) is 0 Å². The first-order chi connectivity index (χ1) is 7.03. The van der Waals surface area contributed by atoms with E-state index >= 15 is 0 Å². The lowest BCUT2D eigenvalue weighted by molar-refractivity contribution is 0.368. The smallest absolute Gasteiger partial charge is 0.187 e. The Balaban J connectivity index is 2.35. The van der Waals surface area contributed by atoms with E-state index in [4.69, 9.17) is 5.73 Å². The van der Waals surface area contributed by atoms with Crippen LogP contribution in [0.5, 0.6) is 0 Å². The van der Waals surface area contributed by atoms with Crippen molar-refractivity contribution in [1.82, 2.24) is 9.97 Å². The summed E-state index contributed by atoms with van der Waals surface area (Å²) in [5.41, 5.74) is 6.98. The average molecular weight is 225 g/mol. The third-order valence-electron chi connectivity index (χ3n) is 2.32. The number of aryl methyl sites for hydroxylation is 1. The van der Waals surface area contributed by atoms with E-state index in [0.29, 0.717) is 0 Å². The molecule has 0 unspecified atom stereocenters. The maximum atomic E-state index is 5.67. The highest BCUT2D eigenvalue weighted by Crippen LogP contribution is 2.23. The Hall–Kier alpha value is -0.610. The predicted molar refractivity (Wildman–Crippen MR) is 64.9 cm³/mol. The Morgan fingerprint density at radius 3 is 2.47 bits per heavy atom. The number of aromatic nitrogens is 2. The minimum Gasteiger partial charge on any atom is -0.330 e. The lowest BCUT2D eigenvalue weighted by Crippen LogP contribution is -2.24. The van der Waals surface area contributed by atoms with Gasteiger partial charge in [0.05, 0.1) is 0 Å². The van der Waals surface area contributed by atoms with Crippen LogP contribution in [-0.4, -0.2) is 22.3 Å². The Bertz CT molecular complexity index is 295. The molecule has 15 heavy (non-hydrogen) atoms. The van der Waals surface area contributed by atoms with Crippen molar-refractivity contribution in [2.75, 3.05) is 12.3 Å². The summed E-state index contributed by atoms with van der Waals surface area (Å²) in [5, 5.41) is 0.855. The number of hydrogen-bond donors (Lipinski definition) is 1. The molecule has 0 saturated heterocycles. The fraction of sp³-hybridized carbons (Fsp3) is 0.636. The minimum absolute atomic E-state index is 0.220. The largest absolute Gasteiger partial charge is 0.330 e. The van der Waals surface area contributed by atoms with Crippen molar-refractivity contribution in [3.63, 3.8) is 0 Å². The van der Waals surface area contributed by atoms with Gasteiger partial charge in [-0.25, -0.2) is 9.97 Å². The van der Waals surface area contributed by atoms with Gasteiger partial charge in [-0.15, -0.1) is 0 Å². The standard InChI is InChI=1S/C11H19N3S/c1-9-6-13-10(14-7-9)15-5-4-11(2,3)8-12/h6-7H,4-5,8,12H2,1-3H3. The van der Waals surface area contributed by atoms with Gasteiger partial charge in [0.1, 0.15) is 0 Å². The van der Waals surface area contributed by atoms with Crippen LogP contribution in [0.1, 0.15) is 25.8 Å². The molecule has 0 atom stereocenters. The van der Waals surface area contributed by atoms with Crippen molar-refractivity contribution >= 4 is 11.8 Å². The molecular weight excluding hydrogens is 206 g/mol. The molecule has 0 saturated carbocycles. The average Bonchev–Trinajstić information content (AvgIpc) is 2.21. The van der Waals surface area contributed by atoms with Gasteiger partial charge >= 0.3 is 0 Å². The molecule has 0 spiro atoms. The Morgan fingerprint density at radius 1 is 1.33 bits per heavy atom. The van der Waals surface area contributed by atoms with Gasteiger partial charge in [0.15, 0.2) is 5.16 Å². The third-order valence-corrected chi connectivity index (χ3v) is 3.20. The summed E-state index contributed by atoms with van der Waals surface area (Å²) in [6, 6.07) is 0. The van der Waals surface area contributed by atoms with E-state index in [0.717, 1.165) is 29.4 Å². The van der Waals surface area contributed by atoms with Crippen molar-refractivity contribution in [2.45, 2.75) is 32.3 Å². The van der Waals surface area contributed by atoms with Crippen LogP contribution in [0.3, 0.4) is 0 Å². The molecule has 1 aromatic rings. The van der Waals surface area contributed by atoms with Gasteiger partial charge in [-0.1, -0.05) is 25.6 Å². The van der Waals surface area contributed by atoms with E-state index in [9.17, 15) is 0 Å². The highest BCUT2D eigenvalue weighted by atomic mass is 32.2. The maximum Gasteiger partial charge on any atom is 0.187 e. The second kappa shape index (κ2) is 5.47. The van der Waals surface area contributed by atoms with Crippen molar-refractivity contribution < 1.29 is 0 Å². The van der Waals surface area contributed by atoms with Gasteiger partial charge in [0, 0.05) is 18.1 Å². The topological polar surface area (TPSA) is 51.8 Å². The number of nitrogens with zero attached hydrogens (tertiary/aromatic N) is 2. The Kier molecular flexibility index (Phi) is 4.54. The van der Waals surface area contributed by atoms with Gasteiger partial charge in [-0.05, 0) is 30.9 Å². The van der Waals surface area contributed by atoms with Gasteiger partial charge < -0.3 is 5.73 Å². The molecule has 0 fully saturated rings. The molecule has 0 aliphatic rings. The van der Waals surface area contributed by atoms with Crippen molar-refractivity contribution in [3.05, 3.63) is 18.0 Å². The zero-order valence-electron chi connectivity index (χ0n) is 9.66. The second-order valence-electron chi connectivity index (χ2n) is 4.51. The zero-order chi connectivity index (χ0) is 11.3. The van der Waals surface area contributed by atoms with Gasteiger partial charge in [0.25, 0.3) is 0 Å². The van der Waals surface area contributed by atoms with Crippen LogP contribution >= 0.6 is 11.8 Å². The maximum absolute atomic E-state index is 5.67. The molecule has 0 aliphatic heterocycles. The summed E-state index contributed by atoms with van der Waals surface area (Å²) in [5.74, 6) is 1.02. The fourth-order valence-corrected chi connectivity index (χ4v) is 2.07. The third kappa shape index (κ3) is 4.62. The first-order valence-corrected chi connectivity index (χ1v) is 6.13. The molecule has 1 rings (SSSR count). The number of nitrogens with two attached hydrogens (primary N) is 1. The number of rotatable bonds is 5. The second-order valence-corrected chi connectivity index (χ2v) is 5.57. The number of thioether (sulfide) groups is 1. The van der Waals surface area contributed by atoms with E-state index in [-0.39, 0.29) is 5.41 Å². The minimum atomic E-state index is 0.220. The van der Waals surface area contributed by atoms with Crippen LogP contribution in [0, 0.1) is 12.3 Å². The summed E-state index contributed by atoms with van der Waals surface area (Å²) in [7, 11) is 0. The quantitative estimate of drug-likeness (QED) is 0.617. The van der Waals surface area contributed by atoms with E-state index < -0.39 is 0 Å². The fourth-order valence-electron chi connectivity index (χ4n) is 0.976. The normalized spacial score (nSPS) is 11.7. The Labute approximate surface area is 95.9 Å².